The Balaban J connectivity index is 2.25. The third-order valence-corrected chi connectivity index (χ3v) is 4.84. The smallest absolute Gasteiger partial charge is 0.353 e. The fraction of sp³-hybridized carbons (Fsp3) is 0.462. The van der Waals surface area contributed by atoms with E-state index in [4.69, 9.17) is 0 Å². The molecular formula is C13H16N2O6S. The van der Waals surface area contributed by atoms with Gasteiger partial charge < -0.3 is 20.4 Å². The summed E-state index contributed by atoms with van der Waals surface area (Å²) >= 11 is 0. The zero-order valence-electron chi connectivity index (χ0n) is 12.0. The standard InChI is InChI=1S/C13H16N2O6S/c1-6(16)10-8-5-9(22(21)4-3-14-7(2)17)11(13(19)20)15(8)12(10)18/h3-4,6,8,10,16H,5H2,1-2H3,(H,14,17)(H,19,20)/t6-,8+,10-,22+/m0/s1. The van der Waals surface area contributed by atoms with Gasteiger partial charge in [0.25, 0.3) is 0 Å². The number of hydrogen-bond donors (Lipinski definition) is 3. The molecule has 0 aromatic carbocycles. The van der Waals surface area contributed by atoms with Crippen LogP contribution in [0, 0.1) is 5.92 Å². The predicted molar refractivity (Wildman–Crippen MR) is 76.2 cm³/mol. The number of carbonyl (C=O) groups excluding carboxylic acids is 2. The minimum absolute atomic E-state index is 0.107. The van der Waals surface area contributed by atoms with E-state index in [0.29, 0.717) is 0 Å². The zero-order chi connectivity index (χ0) is 16.6. The number of β-lactam (4-membered cyclic amide) rings is 1. The first-order chi connectivity index (χ1) is 10.3. The van der Waals surface area contributed by atoms with Gasteiger partial charge in [0.1, 0.15) is 5.70 Å². The molecule has 22 heavy (non-hydrogen) atoms. The first-order valence-electron chi connectivity index (χ1n) is 6.57. The van der Waals surface area contributed by atoms with Crippen LogP contribution in [0.1, 0.15) is 20.3 Å². The minimum Gasteiger partial charge on any atom is -0.477 e. The largest absolute Gasteiger partial charge is 0.477 e. The molecule has 120 valence electrons. The number of carboxylic acid groups (broad SMARTS) is 1. The Bertz CT molecular complexity index is 624. The highest BCUT2D eigenvalue weighted by Crippen LogP contribution is 2.44. The maximum absolute atomic E-state index is 12.2. The molecule has 8 nitrogen and oxygen atoms in total. The van der Waals surface area contributed by atoms with Gasteiger partial charge >= 0.3 is 5.97 Å². The summed E-state index contributed by atoms with van der Waals surface area (Å²) in [7, 11) is -1.78. The Kier molecular flexibility index (Phi) is 4.47. The summed E-state index contributed by atoms with van der Waals surface area (Å²) in [5, 5.41) is 22.3. The van der Waals surface area contributed by atoms with Crippen LogP contribution >= 0.6 is 0 Å². The van der Waals surface area contributed by atoms with Crippen molar-refractivity contribution >= 4 is 28.6 Å². The molecule has 2 aliphatic rings. The van der Waals surface area contributed by atoms with Gasteiger partial charge in [-0.3, -0.25) is 9.59 Å². The second-order valence-electron chi connectivity index (χ2n) is 5.12. The maximum atomic E-state index is 12.2. The molecule has 0 spiro atoms. The van der Waals surface area contributed by atoms with E-state index in [2.05, 4.69) is 5.32 Å². The summed E-state index contributed by atoms with van der Waals surface area (Å²) in [5.41, 5.74) is -0.294. The summed E-state index contributed by atoms with van der Waals surface area (Å²) in [6.45, 7) is 2.74. The highest BCUT2D eigenvalue weighted by Gasteiger charge is 2.57. The van der Waals surface area contributed by atoms with Gasteiger partial charge in [0, 0.05) is 25.0 Å². The Labute approximate surface area is 128 Å². The molecule has 1 fully saturated rings. The lowest BCUT2D eigenvalue weighted by Gasteiger charge is -2.44. The topological polar surface area (TPSA) is 124 Å². The van der Waals surface area contributed by atoms with E-state index in [1.807, 2.05) is 0 Å². The molecule has 0 bridgehead atoms. The molecule has 2 aliphatic heterocycles. The molecule has 3 N–H and O–H groups in total. The number of aliphatic carboxylic acids is 1. The summed E-state index contributed by atoms with van der Waals surface area (Å²) in [6, 6.07) is -0.480. The molecule has 0 saturated carbocycles. The van der Waals surface area contributed by atoms with Crippen molar-refractivity contribution in [1.29, 1.82) is 0 Å². The van der Waals surface area contributed by atoms with Crippen molar-refractivity contribution in [3.8, 4) is 0 Å². The van der Waals surface area contributed by atoms with Crippen LogP contribution in [0.15, 0.2) is 22.2 Å². The van der Waals surface area contributed by atoms with Crippen molar-refractivity contribution in [3.05, 3.63) is 22.2 Å². The molecule has 9 heteroatoms. The third-order valence-electron chi connectivity index (χ3n) is 3.61. The van der Waals surface area contributed by atoms with Crippen LogP contribution in [0.3, 0.4) is 0 Å². The molecule has 2 heterocycles. The highest BCUT2D eigenvalue weighted by atomic mass is 32.2. The molecule has 0 aromatic rings. The lowest BCUT2D eigenvalue weighted by molar-refractivity contribution is -0.161. The molecule has 0 aromatic heterocycles. The van der Waals surface area contributed by atoms with Crippen LogP contribution in [-0.4, -0.2) is 49.3 Å². The van der Waals surface area contributed by atoms with Gasteiger partial charge in [0.15, 0.2) is 0 Å². The first-order valence-corrected chi connectivity index (χ1v) is 7.79. The number of carbonyl (C=O) groups is 3. The Morgan fingerprint density at radius 2 is 2.14 bits per heavy atom. The van der Waals surface area contributed by atoms with Crippen LogP contribution < -0.4 is 5.32 Å². The lowest BCUT2D eigenvalue weighted by Crippen LogP contribution is -2.61. The van der Waals surface area contributed by atoms with Gasteiger partial charge in [-0.25, -0.2) is 9.00 Å². The van der Waals surface area contributed by atoms with Crippen molar-refractivity contribution < 1.29 is 28.8 Å². The molecule has 1 saturated heterocycles. The number of amides is 2. The van der Waals surface area contributed by atoms with E-state index in [-0.39, 0.29) is 22.9 Å². The van der Waals surface area contributed by atoms with E-state index in [1.54, 1.807) is 0 Å². The Hall–Kier alpha value is -2.00. The SMILES string of the molecule is CC(=O)NC=C[S@@](=O)C1=C(C(=O)O)N2C(=O)[C@@H]([C@H](C)O)[C@H]2C1. The summed E-state index contributed by atoms with van der Waals surface area (Å²) in [6.07, 6.45) is 0.403. The molecule has 2 amide bonds. The molecule has 0 unspecified atom stereocenters. The average molecular weight is 328 g/mol. The lowest BCUT2D eigenvalue weighted by atomic mass is 9.83. The van der Waals surface area contributed by atoms with Crippen molar-refractivity contribution in [3.63, 3.8) is 0 Å². The van der Waals surface area contributed by atoms with Crippen molar-refractivity contribution in [2.24, 2.45) is 5.92 Å². The number of fused-ring (bicyclic) bond motifs is 1. The minimum atomic E-state index is -1.78. The van der Waals surface area contributed by atoms with Crippen molar-refractivity contribution in [2.45, 2.75) is 32.4 Å². The molecule has 4 atom stereocenters. The van der Waals surface area contributed by atoms with Crippen molar-refractivity contribution in [2.75, 3.05) is 0 Å². The van der Waals surface area contributed by atoms with Crippen LogP contribution in [0.2, 0.25) is 0 Å². The molecule has 0 aliphatic carbocycles. The second kappa shape index (κ2) is 6.01. The fourth-order valence-corrected chi connectivity index (χ4v) is 3.77. The fourth-order valence-electron chi connectivity index (χ4n) is 2.71. The third kappa shape index (κ3) is 2.69. The number of hydrogen-bond acceptors (Lipinski definition) is 5. The van der Waals surface area contributed by atoms with E-state index in [0.717, 1.165) is 10.3 Å². The quantitative estimate of drug-likeness (QED) is 0.571. The number of nitrogens with one attached hydrogen (secondary N) is 1. The van der Waals surface area contributed by atoms with Crippen LogP contribution in [0.25, 0.3) is 0 Å². The number of aliphatic hydroxyl groups excluding tert-OH is 1. The number of rotatable bonds is 5. The van der Waals surface area contributed by atoms with E-state index in [9.17, 15) is 28.8 Å². The molecule has 0 radical (unpaired) electrons. The van der Waals surface area contributed by atoms with E-state index >= 15 is 0 Å². The summed E-state index contributed by atoms with van der Waals surface area (Å²) in [5.74, 6) is -2.84. The van der Waals surface area contributed by atoms with Crippen LogP contribution in [-0.2, 0) is 25.2 Å². The molecular weight excluding hydrogens is 312 g/mol. The predicted octanol–water partition coefficient (Wildman–Crippen LogP) is -0.750. The molecule has 2 rings (SSSR count). The van der Waals surface area contributed by atoms with Gasteiger partial charge in [-0.05, 0) is 6.92 Å². The van der Waals surface area contributed by atoms with Gasteiger partial charge in [-0.1, -0.05) is 0 Å². The number of nitrogens with zero attached hydrogens (tertiary/aromatic N) is 1. The second-order valence-corrected chi connectivity index (χ2v) is 6.48. The van der Waals surface area contributed by atoms with Crippen LogP contribution in [0.4, 0.5) is 0 Å². The van der Waals surface area contributed by atoms with Gasteiger partial charge in [-0.15, -0.1) is 0 Å². The van der Waals surface area contributed by atoms with E-state index in [1.165, 1.54) is 20.0 Å². The van der Waals surface area contributed by atoms with Gasteiger partial charge in [-0.2, -0.15) is 0 Å². The normalized spacial score (nSPS) is 26.7. The highest BCUT2D eigenvalue weighted by molar-refractivity contribution is 7.91. The monoisotopic (exact) mass is 328 g/mol. The Morgan fingerprint density at radius 1 is 1.50 bits per heavy atom. The van der Waals surface area contributed by atoms with Crippen molar-refractivity contribution in [1.82, 2.24) is 10.2 Å². The first kappa shape index (κ1) is 16.4. The number of aliphatic hydroxyl groups is 1. The van der Waals surface area contributed by atoms with Gasteiger partial charge in [0.2, 0.25) is 11.8 Å². The summed E-state index contributed by atoms with van der Waals surface area (Å²) in [4.78, 5) is 35.3. The number of carboxylic acids is 1. The average Bonchev–Trinajstić information content (AvgIpc) is 2.72. The zero-order valence-corrected chi connectivity index (χ0v) is 12.8. The van der Waals surface area contributed by atoms with Gasteiger partial charge in [0.05, 0.1) is 33.8 Å². The summed E-state index contributed by atoms with van der Waals surface area (Å²) < 4.78 is 12.2. The van der Waals surface area contributed by atoms with E-state index < -0.39 is 40.7 Å². The maximum Gasteiger partial charge on any atom is 0.353 e. The Morgan fingerprint density at radius 3 is 2.64 bits per heavy atom. The van der Waals surface area contributed by atoms with Crippen LogP contribution in [0.5, 0.6) is 0 Å².